The predicted octanol–water partition coefficient (Wildman–Crippen LogP) is 0.468. The van der Waals surface area contributed by atoms with Crippen molar-refractivity contribution in [1.82, 2.24) is 15.5 Å². The first-order valence-corrected chi connectivity index (χ1v) is 7.28. The summed E-state index contributed by atoms with van der Waals surface area (Å²) in [4.78, 5) is 23.2. The van der Waals surface area contributed by atoms with E-state index in [0.717, 1.165) is 42.5 Å². The SMILES string of the molecule is Cl.NCCCC(=O)NCCc1n[nH]c(=O)c2c1CCCC2. The maximum atomic E-state index is 11.7. The second kappa shape index (κ2) is 8.79. The van der Waals surface area contributed by atoms with Gasteiger partial charge in [-0.3, -0.25) is 9.59 Å². The fourth-order valence-corrected chi connectivity index (χ4v) is 2.61. The molecule has 0 radical (unpaired) electrons. The quantitative estimate of drug-likeness (QED) is 0.710. The lowest BCUT2D eigenvalue weighted by Gasteiger charge is -2.17. The smallest absolute Gasteiger partial charge is 0.267 e. The lowest BCUT2D eigenvalue weighted by atomic mass is 9.91. The van der Waals surface area contributed by atoms with E-state index in [2.05, 4.69) is 15.5 Å². The largest absolute Gasteiger partial charge is 0.356 e. The standard InChI is InChI=1S/C14H22N4O2.ClH/c15-8-3-6-13(19)16-9-7-12-10-4-1-2-5-11(10)14(20)18-17-12;/h1-9,15H2,(H,16,19)(H,18,20);1H. The monoisotopic (exact) mass is 314 g/mol. The number of fused-ring (bicyclic) bond motifs is 1. The van der Waals surface area contributed by atoms with Gasteiger partial charge in [0.25, 0.3) is 5.56 Å². The number of hydrogen-bond acceptors (Lipinski definition) is 4. The minimum absolute atomic E-state index is 0. The van der Waals surface area contributed by atoms with Crippen molar-refractivity contribution in [3.8, 4) is 0 Å². The molecule has 6 nitrogen and oxygen atoms in total. The lowest BCUT2D eigenvalue weighted by Crippen LogP contribution is -2.28. The maximum absolute atomic E-state index is 11.7. The summed E-state index contributed by atoms with van der Waals surface area (Å²) in [5, 5.41) is 9.57. The Hall–Kier alpha value is -1.40. The highest BCUT2D eigenvalue weighted by atomic mass is 35.5. The van der Waals surface area contributed by atoms with Crippen LogP contribution < -0.4 is 16.6 Å². The number of carbonyl (C=O) groups excluding carboxylic acids is 1. The number of H-pyrrole nitrogens is 1. The topological polar surface area (TPSA) is 101 Å². The van der Waals surface area contributed by atoms with Gasteiger partial charge in [-0.15, -0.1) is 12.4 Å². The average Bonchev–Trinajstić information content (AvgIpc) is 2.48. The van der Waals surface area contributed by atoms with E-state index in [-0.39, 0.29) is 23.9 Å². The summed E-state index contributed by atoms with van der Waals surface area (Å²) in [6, 6.07) is 0. The first-order valence-electron chi connectivity index (χ1n) is 7.28. The van der Waals surface area contributed by atoms with Gasteiger partial charge in [-0.1, -0.05) is 0 Å². The van der Waals surface area contributed by atoms with Crippen LogP contribution in [0.3, 0.4) is 0 Å². The van der Waals surface area contributed by atoms with Crippen molar-refractivity contribution in [1.29, 1.82) is 0 Å². The molecule has 0 saturated carbocycles. The van der Waals surface area contributed by atoms with Crippen molar-refractivity contribution < 1.29 is 4.79 Å². The zero-order valence-corrected chi connectivity index (χ0v) is 12.9. The second-order valence-corrected chi connectivity index (χ2v) is 5.16. The fourth-order valence-electron chi connectivity index (χ4n) is 2.61. The molecule has 4 N–H and O–H groups in total. The molecule has 0 fully saturated rings. The Kier molecular flexibility index (Phi) is 7.39. The van der Waals surface area contributed by atoms with Crippen LogP contribution in [0.4, 0.5) is 0 Å². The molecule has 0 aliphatic heterocycles. The van der Waals surface area contributed by atoms with Crippen molar-refractivity contribution in [2.75, 3.05) is 13.1 Å². The van der Waals surface area contributed by atoms with Gasteiger partial charge >= 0.3 is 0 Å². The number of rotatable bonds is 6. The third-order valence-electron chi connectivity index (χ3n) is 3.67. The molecule has 1 aromatic heterocycles. The van der Waals surface area contributed by atoms with Crippen LogP contribution in [0.5, 0.6) is 0 Å². The Bertz CT molecular complexity index is 530. The molecule has 0 aromatic carbocycles. The van der Waals surface area contributed by atoms with Crippen molar-refractivity contribution in [3.63, 3.8) is 0 Å². The number of aromatic nitrogens is 2. The van der Waals surface area contributed by atoms with Gasteiger partial charge < -0.3 is 11.1 Å². The number of aromatic amines is 1. The van der Waals surface area contributed by atoms with Gasteiger partial charge in [0.05, 0.1) is 5.69 Å². The van der Waals surface area contributed by atoms with E-state index in [1.807, 2.05) is 0 Å². The summed E-state index contributed by atoms with van der Waals surface area (Å²) in [6.07, 6.45) is 5.76. The van der Waals surface area contributed by atoms with Crippen molar-refractivity contribution in [2.45, 2.75) is 44.9 Å². The molecule has 1 aromatic rings. The summed E-state index contributed by atoms with van der Waals surface area (Å²) < 4.78 is 0. The molecule has 0 spiro atoms. The molecule has 1 aliphatic carbocycles. The van der Waals surface area contributed by atoms with Crippen LogP contribution >= 0.6 is 12.4 Å². The van der Waals surface area contributed by atoms with Crippen LogP contribution in [-0.4, -0.2) is 29.2 Å². The van der Waals surface area contributed by atoms with Gasteiger partial charge in [-0.25, -0.2) is 5.10 Å². The number of nitrogens with two attached hydrogens (primary N) is 1. The Balaban J connectivity index is 0.00000220. The summed E-state index contributed by atoms with van der Waals surface area (Å²) in [5.74, 6) is 0.0220. The Morgan fingerprint density at radius 2 is 2.00 bits per heavy atom. The second-order valence-electron chi connectivity index (χ2n) is 5.16. The molecule has 21 heavy (non-hydrogen) atoms. The zero-order chi connectivity index (χ0) is 14.4. The van der Waals surface area contributed by atoms with E-state index in [1.54, 1.807) is 0 Å². The normalized spacial score (nSPS) is 13.2. The van der Waals surface area contributed by atoms with Crippen LogP contribution in [0.25, 0.3) is 0 Å². The van der Waals surface area contributed by atoms with Crippen LogP contribution in [0.1, 0.15) is 42.5 Å². The molecule has 0 atom stereocenters. The van der Waals surface area contributed by atoms with Crippen molar-refractivity contribution >= 4 is 18.3 Å². The third-order valence-corrected chi connectivity index (χ3v) is 3.67. The van der Waals surface area contributed by atoms with Crippen molar-refractivity contribution in [2.24, 2.45) is 5.73 Å². The van der Waals surface area contributed by atoms with Crippen LogP contribution in [0, 0.1) is 0 Å². The number of nitrogens with one attached hydrogen (secondary N) is 2. The molecule has 1 heterocycles. The summed E-state index contributed by atoms with van der Waals surface area (Å²) >= 11 is 0. The van der Waals surface area contributed by atoms with Gasteiger partial charge in [0.15, 0.2) is 0 Å². The number of amides is 1. The maximum Gasteiger partial charge on any atom is 0.267 e. The molecule has 0 bridgehead atoms. The highest BCUT2D eigenvalue weighted by Crippen LogP contribution is 2.20. The van der Waals surface area contributed by atoms with Gasteiger partial charge in [0.2, 0.25) is 5.91 Å². The van der Waals surface area contributed by atoms with Crippen LogP contribution in [-0.2, 0) is 24.1 Å². The summed E-state index contributed by atoms with van der Waals surface area (Å²) in [5.41, 5.74) is 8.20. The minimum atomic E-state index is -0.0598. The van der Waals surface area contributed by atoms with Crippen LogP contribution in [0.2, 0.25) is 0 Å². The highest BCUT2D eigenvalue weighted by Gasteiger charge is 2.17. The molecular weight excluding hydrogens is 292 g/mol. The third kappa shape index (κ3) is 4.82. The first kappa shape index (κ1) is 17.7. The molecule has 118 valence electrons. The highest BCUT2D eigenvalue weighted by molar-refractivity contribution is 5.85. The summed E-state index contributed by atoms with van der Waals surface area (Å²) in [7, 11) is 0. The molecular formula is C14H23ClN4O2. The van der Waals surface area contributed by atoms with Crippen LogP contribution in [0.15, 0.2) is 4.79 Å². The lowest BCUT2D eigenvalue weighted by molar-refractivity contribution is -0.121. The van der Waals surface area contributed by atoms with E-state index in [1.165, 1.54) is 0 Å². The molecule has 0 unspecified atom stereocenters. The molecule has 0 saturated heterocycles. The van der Waals surface area contributed by atoms with Gasteiger partial charge in [-0.05, 0) is 44.2 Å². The van der Waals surface area contributed by atoms with Gasteiger partial charge in [0, 0.05) is 24.9 Å². The number of halogens is 1. The first-order chi connectivity index (χ1) is 9.72. The number of hydrogen-bond donors (Lipinski definition) is 3. The van der Waals surface area contributed by atoms with E-state index < -0.39 is 0 Å². The number of nitrogens with zero attached hydrogens (tertiary/aromatic N) is 1. The van der Waals surface area contributed by atoms with E-state index in [4.69, 9.17) is 5.73 Å². The minimum Gasteiger partial charge on any atom is -0.356 e. The van der Waals surface area contributed by atoms with Gasteiger partial charge in [0.1, 0.15) is 0 Å². The Morgan fingerprint density at radius 3 is 2.71 bits per heavy atom. The summed E-state index contributed by atoms with van der Waals surface area (Å²) in [6.45, 7) is 1.08. The number of carbonyl (C=O) groups is 1. The van der Waals surface area contributed by atoms with E-state index in [0.29, 0.717) is 32.4 Å². The van der Waals surface area contributed by atoms with Gasteiger partial charge in [-0.2, -0.15) is 5.10 Å². The van der Waals surface area contributed by atoms with E-state index in [9.17, 15) is 9.59 Å². The average molecular weight is 315 g/mol. The predicted molar refractivity (Wildman–Crippen MR) is 83.7 cm³/mol. The Morgan fingerprint density at radius 1 is 1.29 bits per heavy atom. The zero-order valence-electron chi connectivity index (χ0n) is 12.1. The molecule has 1 aliphatic rings. The van der Waals surface area contributed by atoms with Crippen molar-refractivity contribution in [3.05, 3.63) is 27.2 Å². The molecule has 2 rings (SSSR count). The molecule has 7 heteroatoms. The fraction of sp³-hybridized carbons (Fsp3) is 0.643. The van der Waals surface area contributed by atoms with E-state index >= 15 is 0 Å². The Labute approximate surface area is 130 Å². The molecule has 1 amide bonds.